The van der Waals surface area contributed by atoms with Crippen LogP contribution in [0.1, 0.15) is 5.56 Å². The van der Waals surface area contributed by atoms with E-state index in [4.69, 9.17) is 0 Å². The average Bonchev–Trinajstić information content (AvgIpc) is 2.87. The van der Waals surface area contributed by atoms with Crippen LogP contribution in [-0.2, 0) is 13.1 Å². The average molecular weight is 268 g/mol. The fourth-order valence-electron chi connectivity index (χ4n) is 2.39. The summed E-state index contributed by atoms with van der Waals surface area (Å²) in [5, 5.41) is 4.37. The first-order valence-electron chi connectivity index (χ1n) is 6.82. The van der Waals surface area contributed by atoms with Crippen molar-refractivity contribution in [1.29, 1.82) is 0 Å². The number of hydrogen-bond donors (Lipinski definition) is 1. The highest BCUT2D eigenvalue weighted by molar-refractivity contribution is 5.80. The molecule has 20 heavy (non-hydrogen) atoms. The molecule has 0 radical (unpaired) electrons. The van der Waals surface area contributed by atoms with Gasteiger partial charge in [0.25, 0.3) is 0 Å². The number of nitrogens with one attached hydrogen (secondary N) is 1. The van der Waals surface area contributed by atoms with Crippen LogP contribution in [0.3, 0.4) is 0 Å². The highest BCUT2D eigenvalue weighted by Gasteiger charge is 2.01. The van der Waals surface area contributed by atoms with Gasteiger partial charge in [-0.2, -0.15) is 0 Å². The monoisotopic (exact) mass is 268 g/mol. The predicted octanol–water partition coefficient (Wildman–Crippen LogP) is 3.57. The molecule has 0 unspecified atom stereocenters. The lowest BCUT2D eigenvalue weighted by Gasteiger charge is -2.07. The molecule has 2 nitrogen and oxygen atoms in total. The SMILES string of the molecule is Fc1ccc2c(ccn2CCNCc2ccccc2)c1. The second-order valence-electron chi connectivity index (χ2n) is 4.87. The van der Waals surface area contributed by atoms with Gasteiger partial charge in [0.1, 0.15) is 5.82 Å². The molecule has 0 spiro atoms. The minimum atomic E-state index is -0.183. The van der Waals surface area contributed by atoms with Crippen molar-refractivity contribution in [2.75, 3.05) is 6.54 Å². The van der Waals surface area contributed by atoms with Crippen molar-refractivity contribution in [2.45, 2.75) is 13.1 Å². The molecule has 2 aromatic carbocycles. The zero-order valence-corrected chi connectivity index (χ0v) is 11.2. The zero-order chi connectivity index (χ0) is 13.8. The van der Waals surface area contributed by atoms with Crippen molar-refractivity contribution in [2.24, 2.45) is 0 Å². The molecule has 0 fully saturated rings. The maximum absolute atomic E-state index is 13.1. The van der Waals surface area contributed by atoms with E-state index < -0.39 is 0 Å². The summed E-state index contributed by atoms with van der Waals surface area (Å²) in [7, 11) is 0. The van der Waals surface area contributed by atoms with Crippen LogP contribution in [0.4, 0.5) is 4.39 Å². The number of rotatable bonds is 5. The van der Waals surface area contributed by atoms with Crippen LogP contribution in [0.15, 0.2) is 60.8 Å². The molecule has 0 aliphatic rings. The molecular weight excluding hydrogens is 251 g/mol. The normalized spacial score (nSPS) is 11.1. The van der Waals surface area contributed by atoms with Crippen molar-refractivity contribution in [3.05, 3.63) is 72.2 Å². The number of fused-ring (bicyclic) bond motifs is 1. The van der Waals surface area contributed by atoms with Crippen molar-refractivity contribution >= 4 is 10.9 Å². The lowest BCUT2D eigenvalue weighted by atomic mass is 10.2. The highest BCUT2D eigenvalue weighted by Crippen LogP contribution is 2.16. The van der Waals surface area contributed by atoms with E-state index in [1.54, 1.807) is 6.07 Å². The van der Waals surface area contributed by atoms with E-state index >= 15 is 0 Å². The number of nitrogens with zero attached hydrogens (tertiary/aromatic N) is 1. The quantitative estimate of drug-likeness (QED) is 0.700. The molecule has 0 atom stereocenters. The van der Waals surface area contributed by atoms with Crippen LogP contribution in [0.5, 0.6) is 0 Å². The summed E-state index contributed by atoms with van der Waals surface area (Å²) in [4.78, 5) is 0. The molecular formula is C17H17FN2. The Morgan fingerprint density at radius 2 is 1.85 bits per heavy atom. The number of halogens is 1. The van der Waals surface area contributed by atoms with Gasteiger partial charge in [-0.25, -0.2) is 4.39 Å². The first-order valence-corrected chi connectivity index (χ1v) is 6.82. The first-order chi connectivity index (χ1) is 9.83. The topological polar surface area (TPSA) is 17.0 Å². The van der Waals surface area contributed by atoms with Crippen molar-refractivity contribution in [1.82, 2.24) is 9.88 Å². The second kappa shape index (κ2) is 5.88. The van der Waals surface area contributed by atoms with Crippen LogP contribution < -0.4 is 5.32 Å². The van der Waals surface area contributed by atoms with E-state index in [2.05, 4.69) is 22.0 Å². The molecule has 0 aliphatic heterocycles. The molecule has 3 rings (SSSR count). The van der Waals surface area contributed by atoms with E-state index in [0.29, 0.717) is 0 Å². The summed E-state index contributed by atoms with van der Waals surface area (Å²) in [5.41, 5.74) is 2.36. The fourth-order valence-corrected chi connectivity index (χ4v) is 2.39. The van der Waals surface area contributed by atoms with E-state index in [-0.39, 0.29) is 5.82 Å². The number of aromatic nitrogens is 1. The van der Waals surface area contributed by atoms with Gasteiger partial charge in [0.15, 0.2) is 0 Å². The molecule has 1 heterocycles. The van der Waals surface area contributed by atoms with Crippen LogP contribution in [0.2, 0.25) is 0 Å². The maximum atomic E-state index is 13.1. The van der Waals surface area contributed by atoms with Gasteiger partial charge in [0.05, 0.1) is 0 Å². The lowest BCUT2D eigenvalue weighted by Crippen LogP contribution is -2.19. The Bertz CT molecular complexity index is 689. The Labute approximate surface area is 117 Å². The molecule has 1 N–H and O–H groups in total. The fraction of sp³-hybridized carbons (Fsp3) is 0.176. The van der Waals surface area contributed by atoms with Crippen molar-refractivity contribution in [3.63, 3.8) is 0 Å². The molecule has 3 aromatic rings. The van der Waals surface area contributed by atoms with Crippen molar-refractivity contribution < 1.29 is 4.39 Å². The molecule has 0 amide bonds. The minimum absolute atomic E-state index is 0.183. The predicted molar refractivity (Wildman–Crippen MR) is 80.0 cm³/mol. The molecule has 0 aliphatic carbocycles. The Morgan fingerprint density at radius 1 is 1.00 bits per heavy atom. The van der Waals surface area contributed by atoms with E-state index in [0.717, 1.165) is 30.5 Å². The lowest BCUT2D eigenvalue weighted by molar-refractivity contribution is 0.608. The molecule has 0 saturated carbocycles. The van der Waals surface area contributed by atoms with Crippen molar-refractivity contribution in [3.8, 4) is 0 Å². The summed E-state index contributed by atoms with van der Waals surface area (Å²) >= 11 is 0. The van der Waals surface area contributed by atoms with Crippen LogP contribution in [-0.4, -0.2) is 11.1 Å². The van der Waals surface area contributed by atoms with Gasteiger partial charge in [-0.1, -0.05) is 30.3 Å². The summed E-state index contributed by atoms with van der Waals surface area (Å²) in [6, 6.07) is 17.2. The van der Waals surface area contributed by atoms with Gasteiger partial charge in [-0.3, -0.25) is 0 Å². The Hall–Kier alpha value is -2.13. The van der Waals surface area contributed by atoms with E-state index in [1.807, 2.05) is 36.5 Å². The molecule has 1 aromatic heterocycles. The Balaban J connectivity index is 1.58. The van der Waals surface area contributed by atoms with Crippen LogP contribution >= 0.6 is 0 Å². The third-order valence-electron chi connectivity index (χ3n) is 3.43. The highest BCUT2D eigenvalue weighted by atomic mass is 19.1. The summed E-state index contributed by atoms with van der Waals surface area (Å²) in [6.07, 6.45) is 2.01. The molecule has 102 valence electrons. The second-order valence-corrected chi connectivity index (χ2v) is 4.87. The van der Waals surface area contributed by atoms with Gasteiger partial charge in [0.2, 0.25) is 0 Å². The Kier molecular flexibility index (Phi) is 3.79. The number of benzene rings is 2. The largest absolute Gasteiger partial charge is 0.346 e. The smallest absolute Gasteiger partial charge is 0.123 e. The summed E-state index contributed by atoms with van der Waals surface area (Å²) in [5.74, 6) is -0.183. The van der Waals surface area contributed by atoms with Gasteiger partial charge in [-0.15, -0.1) is 0 Å². The Morgan fingerprint density at radius 3 is 2.70 bits per heavy atom. The third kappa shape index (κ3) is 2.89. The van der Waals surface area contributed by atoms with Gasteiger partial charge >= 0.3 is 0 Å². The molecule has 3 heteroatoms. The zero-order valence-electron chi connectivity index (χ0n) is 11.2. The van der Waals surface area contributed by atoms with E-state index in [9.17, 15) is 4.39 Å². The number of hydrogen-bond acceptors (Lipinski definition) is 1. The van der Waals surface area contributed by atoms with Gasteiger partial charge < -0.3 is 9.88 Å². The van der Waals surface area contributed by atoms with Crippen LogP contribution in [0, 0.1) is 5.82 Å². The van der Waals surface area contributed by atoms with Gasteiger partial charge in [-0.05, 0) is 29.8 Å². The summed E-state index contributed by atoms with van der Waals surface area (Å²) < 4.78 is 15.3. The maximum Gasteiger partial charge on any atom is 0.123 e. The third-order valence-corrected chi connectivity index (χ3v) is 3.43. The summed E-state index contributed by atoms with van der Waals surface area (Å²) in [6.45, 7) is 2.63. The molecule has 0 bridgehead atoms. The van der Waals surface area contributed by atoms with E-state index in [1.165, 1.54) is 11.6 Å². The minimum Gasteiger partial charge on any atom is -0.346 e. The van der Waals surface area contributed by atoms with Crippen LogP contribution in [0.25, 0.3) is 10.9 Å². The van der Waals surface area contributed by atoms with Gasteiger partial charge in [0, 0.05) is 36.7 Å². The first kappa shape index (κ1) is 12.9. The standard InChI is InChI=1S/C17H17FN2/c18-16-6-7-17-15(12-16)8-10-20(17)11-9-19-13-14-4-2-1-3-5-14/h1-8,10,12,19H,9,11,13H2. The molecule has 0 saturated heterocycles.